The first kappa shape index (κ1) is 14.3. The lowest BCUT2D eigenvalue weighted by Crippen LogP contribution is -2.60. The van der Waals surface area contributed by atoms with Crippen molar-refractivity contribution in [1.29, 1.82) is 0 Å². The van der Waals surface area contributed by atoms with Crippen molar-refractivity contribution in [2.24, 2.45) is 0 Å². The Labute approximate surface area is 112 Å². The van der Waals surface area contributed by atoms with E-state index in [0.29, 0.717) is 18.2 Å². The highest BCUT2D eigenvalue weighted by atomic mass is 16.6. The van der Waals surface area contributed by atoms with Gasteiger partial charge in [0.1, 0.15) is 0 Å². The van der Waals surface area contributed by atoms with Crippen LogP contribution in [0.3, 0.4) is 0 Å². The van der Waals surface area contributed by atoms with Crippen LogP contribution in [-0.2, 0) is 9.47 Å². The molecule has 2 saturated carbocycles. The van der Waals surface area contributed by atoms with Crippen LogP contribution >= 0.6 is 0 Å². The lowest BCUT2D eigenvalue weighted by atomic mass is 9.84. The molecule has 0 radical (unpaired) electrons. The molecule has 3 nitrogen and oxygen atoms in total. The summed E-state index contributed by atoms with van der Waals surface area (Å²) in [6.45, 7) is 6.04. The predicted molar refractivity (Wildman–Crippen MR) is 73.9 cm³/mol. The zero-order valence-electron chi connectivity index (χ0n) is 12.0. The van der Waals surface area contributed by atoms with Crippen molar-refractivity contribution in [3.05, 3.63) is 0 Å². The first-order valence-electron chi connectivity index (χ1n) is 7.85. The Bertz CT molecular complexity index is 227. The third-order valence-corrected chi connectivity index (χ3v) is 4.24. The van der Waals surface area contributed by atoms with E-state index in [1.165, 1.54) is 38.5 Å². The van der Waals surface area contributed by atoms with Crippen molar-refractivity contribution in [1.82, 2.24) is 5.32 Å². The average Bonchev–Trinajstić information content (AvgIpc) is 2.63. The summed E-state index contributed by atoms with van der Waals surface area (Å²) < 4.78 is 12.1. The summed E-state index contributed by atoms with van der Waals surface area (Å²) in [6, 6.07) is 0.505. The standard InChI is InChI=1S/C15H29NO2/c1-3-16-13-11-14(15(13)17-4-2)18-12-9-7-5-6-8-10-12/h12-16H,3-11H2,1-2H3. The van der Waals surface area contributed by atoms with Crippen LogP contribution < -0.4 is 5.32 Å². The van der Waals surface area contributed by atoms with E-state index < -0.39 is 0 Å². The van der Waals surface area contributed by atoms with Crippen LogP contribution in [0.1, 0.15) is 58.8 Å². The fourth-order valence-corrected chi connectivity index (χ4v) is 3.22. The SMILES string of the molecule is CCNC1CC(OC2CCCCCC2)C1OCC. The summed E-state index contributed by atoms with van der Waals surface area (Å²) in [4.78, 5) is 0. The smallest absolute Gasteiger partial charge is 0.0990 e. The van der Waals surface area contributed by atoms with Gasteiger partial charge >= 0.3 is 0 Å². The second-order valence-corrected chi connectivity index (χ2v) is 5.61. The lowest BCUT2D eigenvalue weighted by Gasteiger charge is -2.45. The second kappa shape index (κ2) is 7.46. The largest absolute Gasteiger partial charge is 0.374 e. The fourth-order valence-electron chi connectivity index (χ4n) is 3.22. The molecule has 2 rings (SSSR count). The molecule has 0 amide bonds. The van der Waals surface area contributed by atoms with Gasteiger partial charge < -0.3 is 14.8 Å². The van der Waals surface area contributed by atoms with Crippen LogP contribution in [0, 0.1) is 0 Å². The molecule has 3 heteroatoms. The van der Waals surface area contributed by atoms with Gasteiger partial charge in [-0.25, -0.2) is 0 Å². The van der Waals surface area contributed by atoms with Gasteiger partial charge in [-0.15, -0.1) is 0 Å². The maximum Gasteiger partial charge on any atom is 0.0990 e. The van der Waals surface area contributed by atoms with Crippen molar-refractivity contribution in [2.45, 2.75) is 83.1 Å². The van der Waals surface area contributed by atoms with Crippen LogP contribution in [0.5, 0.6) is 0 Å². The highest BCUT2D eigenvalue weighted by Gasteiger charge is 2.43. The van der Waals surface area contributed by atoms with E-state index in [2.05, 4.69) is 19.2 Å². The normalized spacial score (nSPS) is 34.0. The summed E-state index contributed by atoms with van der Waals surface area (Å²) in [5.41, 5.74) is 0. The van der Waals surface area contributed by atoms with Crippen molar-refractivity contribution in [2.75, 3.05) is 13.2 Å². The van der Waals surface area contributed by atoms with Crippen molar-refractivity contribution >= 4 is 0 Å². The Morgan fingerprint density at radius 1 is 1.06 bits per heavy atom. The van der Waals surface area contributed by atoms with E-state index >= 15 is 0 Å². The second-order valence-electron chi connectivity index (χ2n) is 5.61. The van der Waals surface area contributed by atoms with Gasteiger partial charge in [-0.1, -0.05) is 32.6 Å². The molecule has 0 spiro atoms. The Morgan fingerprint density at radius 2 is 1.78 bits per heavy atom. The first-order chi connectivity index (χ1) is 8.85. The maximum absolute atomic E-state index is 6.28. The summed E-state index contributed by atoms with van der Waals surface area (Å²) >= 11 is 0. The van der Waals surface area contributed by atoms with E-state index in [-0.39, 0.29) is 6.10 Å². The van der Waals surface area contributed by atoms with Gasteiger partial charge in [-0.2, -0.15) is 0 Å². The Hall–Kier alpha value is -0.120. The van der Waals surface area contributed by atoms with Crippen LogP contribution in [0.25, 0.3) is 0 Å². The molecular weight excluding hydrogens is 226 g/mol. The highest BCUT2D eigenvalue weighted by molar-refractivity contribution is 4.97. The summed E-state index contributed by atoms with van der Waals surface area (Å²) in [6.07, 6.45) is 10.2. The van der Waals surface area contributed by atoms with Crippen LogP contribution in [0.15, 0.2) is 0 Å². The number of hydrogen-bond donors (Lipinski definition) is 1. The molecule has 0 heterocycles. The maximum atomic E-state index is 6.28. The number of rotatable bonds is 6. The first-order valence-corrected chi connectivity index (χ1v) is 7.85. The summed E-state index contributed by atoms with van der Waals surface area (Å²) in [5, 5.41) is 3.49. The molecule has 1 N–H and O–H groups in total. The molecule has 3 unspecified atom stereocenters. The molecule has 0 aromatic rings. The Kier molecular flexibility index (Phi) is 5.93. The topological polar surface area (TPSA) is 30.5 Å². The number of ether oxygens (including phenoxy) is 2. The summed E-state index contributed by atoms with van der Waals surface area (Å²) in [7, 11) is 0. The van der Waals surface area contributed by atoms with E-state index in [1.54, 1.807) is 0 Å². The van der Waals surface area contributed by atoms with E-state index in [4.69, 9.17) is 9.47 Å². The van der Waals surface area contributed by atoms with Crippen LogP contribution in [0.2, 0.25) is 0 Å². The van der Waals surface area contributed by atoms with Gasteiger partial charge in [0.05, 0.1) is 18.3 Å². The van der Waals surface area contributed by atoms with Crippen molar-refractivity contribution in [3.63, 3.8) is 0 Å². The van der Waals surface area contributed by atoms with Crippen LogP contribution in [0.4, 0.5) is 0 Å². The van der Waals surface area contributed by atoms with Gasteiger partial charge in [-0.3, -0.25) is 0 Å². The van der Waals surface area contributed by atoms with E-state index in [9.17, 15) is 0 Å². The molecule has 2 fully saturated rings. The Balaban J connectivity index is 1.77. The highest BCUT2D eigenvalue weighted by Crippen LogP contribution is 2.31. The molecular formula is C15H29NO2. The van der Waals surface area contributed by atoms with Crippen LogP contribution in [-0.4, -0.2) is 37.5 Å². The Morgan fingerprint density at radius 3 is 2.39 bits per heavy atom. The minimum atomic E-state index is 0.276. The van der Waals surface area contributed by atoms with Gasteiger partial charge in [0, 0.05) is 12.6 Å². The third-order valence-electron chi connectivity index (χ3n) is 4.24. The van der Waals surface area contributed by atoms with Gasteiger partial charge in [0.15, 0.2) is 0 Å². The molecule has 2 aliphatic carbocycles. The molecule has 106 valence electrons. The van der Waals surface area contributed by atoms with Gasteiger partial charge in [0.25, 0.3) is 0 Å². The van der Waals surface area contributed by atoms with Crippen molar-refractivity contribution < 1.29 is 9.47 Å². The average molecular weight is 255 g/mol. The van der Waals surface area contributed by atoms with E-state index in [1.807, 2.05) is 0 Å². The quantitative estimate of drug-likeness (QED) is 0.740. The molecule has 2 aliphatic rings. The van der Waals surface area contributed by atoms with Gasteiger partial charge in [-0.05, 0) is 32.7 Å². The zero-order valence-corrected chi connectivity index (χ0v) is 12.0. The zero-order chi connectivity index (χ0) is 12.8. The molecule has 0 aromatic heterocycles. The molecule has 0 aliphatic heterocycles. The summed E-state index contributed by atoms with van der Waals surface area (Å²) in [5.74, 6) is 0. The molecule has 18 heavy (non-hydrogen) atoms. The minimum absolute atomic E-state index is 0.276. The van der Waals surface area contributed by atoms with E-state index in [0.717, 1.165) is 19.6 Å². The fraction of sp³-hybridized carbons (Fsp3) is 1.00. The number of hydrogen-bond acceptors (Lipinski definition) is 3. The predicted octanol–water partition coefficient (Wildman–Crippen LogP) is 2.88. The molecule has 0 saturated heterocycles. The molecule has 0 aromatic carbocycles. The van der Waals surface area contributed by atoms with Gasteiger partial charge in [0.2, 0.25) is 0 Å². The number of nitrogens with one attached hydrogen (secondary N) is 1. The third kappa shape index (κ3) is 3.69. The number of likely N-dealkylation sites (N-methyl/N-ethyl adjacent to an activating group) is 1. The molecule has 0 bridgehead atoms. The monoisotopic (exact) mass is 255 g/mol. The molecule has 3 atom stereocenters. The van der Waals surface area contributed by atoms with Crippen molar-refractivity contribution in [3.8, 4) is 0 Å². The lowest BCUT2D eigenvalue weighted by molar-refractivity contribution is -0.167. The minimum Gasteiger partial charge on any atom is -0.374 e.